The lowest BCUT2D eigenvalue weighted by atomic mass is 9.99. The van der Waals surface area contributed by atoms with Crippen LogP contribution >= 0.6 is 0 Å². The molecule has 2 aromatic heterocycles. The first-order chi connectivity index (χ1) is 13.2. The third-order valence-electron chi connectivity index (χ3n) is 4.87. The molecule has 0 N–H and O–H groups in total. The van der Waals surface area contributed by atoms with Crippen molar-refractivity contribution < 1.29 is 9.18 Å². The molecular weight excluding hydrogens is 343 g/mol. The van der Waals surface area contributed by atoms with Gasteiger partial charge in [-0.1, -0.05) is 12.1 Å². The van der Waals surface area contributed by atoms with E-state index in [-0.39, 0.29) is 11.7 Å². The Morgan fingerprint density at radius 1 is 1.11 bits per heavy atom. The summed E-state index contributed by atoms with van der Waals surface area (Å²) in [6, 6.07) is 11.9. The molecule has 1 fully saturated rings. The highest BCUT2D eigenvalue weighted by atomic mass is 19.1. The van der Waals surface area contributed by atoms with Gasteiger partial charge in [0, 0.05) is 25.5 Å². The van der Waals surface area contributed by atoms with Crippen molar-refractivity contribution in [2.24, 2.45) is 5.92 Å². The fraction of sp³-hybridized carbons (Fsp3) is 0.238. The van der Waals surface area contributed by atoms with Crippen molar-refractivity contribution >= 4 is 5.91 Å². The lowest BCUT2D eigenvalue weighted by Gasteiger charge is -2.18. The number of pyridine rings is 1. The number of rotatable bonds is 4. The number of benzene rings is 1. The van der Waals surface area contributed by atoms with E-state index in [9.17, 15) is 9.18 Å². The minimum Gasteiger partial charge on any atom is -0.338 e. The Bertz CT molecular complexity index is 930. The van der Waals surface area contributed by atoms with Crippen LogP contribution in [0.5, 0.6) is 0 Å². The highest BCUT2D eigenvalue weighted by Crippen LogP contribution is 2.25. The molecule has 0 spiro atoms. The number of aromatic nitrogens is 3. The van der Waals surface area contributed by atoms with Gasteiger partial charge in [-0.15, -0.1) is 0 Å². The molecule has 1 aliphatic heterocycles. The van der Waals surface area contributed by atoms with E-state index in [1.165, 1.54) is 18.5 Å². The van der Waals surface area contributed by atoms with Crippen molar-refractivity contribution in [3.63, 3.8) is 0 Å². The number of carbonyl (C=O) groups is 1. The van der Waals surface area contributed by atoms with Gasteiger partial charge in [0.15, 0.2) is 0 Å². The lowest BCUT2D eigenvalue weighted by molar-refractivity contribution is 0.0787. The Kier molecular flexibility index (Phi) is 4.87. The average Bonchev–Trinajstić information content (AvgIpc) is 3.18. The van der Waals surface area contributed by atoms with Crippen LogP contribution in [0.3, 0.4) is 0 Å². The van der Waals surface area contributed by atoms with E-state index in [0.29, 0.717) is 36.0 Å². The summed E-state index contributed by atoms with van der Waals surface area (Å²) in [6.45, 7) is 1.40. The fourth-order valence-corrected chi connectivity index (χ4v) is 3.52. The van der Waals surface area contributed by atoms with Crippen LogP contribution in [0, 0.1) is 11.7 Å². The molecule has 1 unspecified atom stereocenters. The minimum atomic E-state index is -0.226. The molecule has 136 valence electrons. The summed E-state index contributed by atoms with van der Waals surface area (Å²) >= 11 is 0. The second kappa shape index (κ2) is 7.61. The molecule has 1 amide bonds. The van der Waals surface area contributed by atoms with Crippen LogP contribution in [-0.4, -0.2) is 38.8 Å². The topological polar surface area (TPSA) is 59.0 Å². The van der Waals surface area contributed by atoms with Crippen molar-refractivity contribution in [3.05, 3.63) is 78.1 Å². The van der Waals surface area contributed by atoms with Crippen molar-refractivity contribution in [3.8, 4) is 11.4 Å². The van der Waals surface area contributed by atoms with Crippen LogP contribution in [0.25, 0.3) is 11.4 Å². The van der Waals surface area contributed by atoms with Crippen LogP contribution in [-0.2, 0) is 6.42 Å². The van der Waals surface area contributed by atoms with E-state index in [4.69, 9.17) is 0 Å². The van der Waals surface area contributed by atoms with Gasteiger partial charge in [-0.25, -0.2) is 14.4 Å². The molecule has 0 bridgehead atoms. The quantitative estimate of drug-likeness (QED) is 0.714. The molecule has 0 aliphatic carbocycles. The van der Waals surface area contributed by atoms with Gasteiger partial charge in [0.25, 0.3) is 5.91 Å². The molecule has 0 saturated carbocycles. The third kappa shape index (κ3) is 3.84. The maximum absolute atomic E-state index is 13.1. The monoisotopic (exact) mass is 362 g/mol. The van der Waals surface area contributed by atoms with Crippen molar-refractivity contribution in [1.29, 1.82) is 0 Å². The largest absolute Gasteiger partial charge is 0.338 e. The van der Waals surface area contributed by atoms with E-state index < -0.39 is 0 Å². The van der Waals surface area contributed by atoms with Crippen LogP contribution in [0.15, 0.2) is 61.2 Å². The molecular formula is C21H19FN4O. The molecule has 3 heterocycles. The first-order valence-electron chi connectivity index (χ1n) is 8.96. The SMILES string of the molecule is O=C(c1cccnc1-c1ccncn1)N1CCC(Cc2ccc(F)cc2)C1. The zero-order valence-electron chi connectivity index (χ0n) is 14.8. The fourth-order valence-electron chi connectivity index (χ4n) is 3.52. The van der Waals surface area contributed by atoms with E-state index in [0.717, 1.165) is 18.4 Å². The summed E-state index contributed by atoms with van der Waals surface area (Å²) in [4.78, 5) is 27.5. The smallest absolute Gasteiger partial charge is 0.256 e. The minimum absolute atomic E-state index is 0.0293. The Labute approximate surface area is 156 Å². The Hall–Kier alpha value is -3.15. The second-order valence-corrected chi connectivity index (χ2v) is 6.73. The Balaban J connectivity index is 1.49. The summed E-state index contributed by atoms with van der Waals surface area (Å²) < 4.78 is 13.1. The lowest BCUT2D eigenvalue weighted by Crippen LogP contribution is -2.29. The Morgan fingerprint density at radius 2 is 1.96 bits per heavy atom. The van der Waals surface area contributed by atoms with Gasteiger partial charge >= 0.3 is 0 Å². The van der Waals surface area contributed by atoms with Crippen LogP contribution in [0.2, 0.25) is 0 Å². The van der Waals surface area contributed by atoms with Gasteiger partial charge in [-0.2, -0.15) is 0 Å². The van der Waals surface area contributed by atoms with E-state index in [1.807, 2.05) is 17.0 Å². The van der Waals surface area contributed by atoms with Gasteiger partial charge < -0.3 is 4.90 Å². The van der Waals surface area contributed by atoms with E-state index in [1.54, 1.807) is 30.6 Å². The maximum atomic E-state index is 13.1. The highest BCUT2D eigenvalue weighted by Gasteiger charge is 2.28. The van der Waals surface area contributed by atoms with Crippen LogP contribution < -0.4 is 0 Å². The van der Waals surface area contributed by atoms with E-state index >= 15 is 0 Å². The summed E-state index contributed by atoms with van der Waals surface area (Å²) in [6.07, 6.45) is 6.53. The zero-order valence-corrected chi connectivity index (χ0v) is 14.8. The first-order valence-corrected chi connectivity index (χ1v) is 8.96. The Morgan fingerprint density at radius 3 is 2.74 bits per heavy atom. The molecule has 1 saturated heterocycles. The molecule has 3 aromatic rings. The summed E-state index contributed by atoms with van der Waals surface area (Å²) in [5.74, 6) is 0.118. The molecule has 1 aromatic carbocycles. The molecule has 1 aliphatic rings. The van der Waals surface area contributed by atoms with E-state index in [2.05, 4.69) is 15.0 Å². The number of carbonyl (C=O) groups excluding carboxylic acids is 1. The predicted molar refractivity (Wildman–Crippen MR) is 99.4 cm³/mol. The number of hydrogen-bond acceptors (Lipinski definition) is 4. The van der Waals surface area contributed by atoms with Gasteiger partial charge in [-0.05, 0) is 54.7 Å². The zero-order chi connectivity index (χ0) is 18.6. The summed E-state index contributed by atoms with van der Waals surface area (Å²) in [7, 11) is 0. The number of likely N-dealkylation sites (tertiary alicyclic amines) is 1. The number of amides is 1. The van der Waals surface area contributed by atoms with Crippen LogP contribution in [0.1, 0.15) is 22.3 Å². The third-order valence-corrected chi connectivity index (χ3v) is 4.87. The number of nitrogens with zero attached hydrogens (tertiary/aromatic N) is 4. The summed E-state index contributed by atoms with van der Waals surface area (Å²) in [5, 5.41) is 0. The van der Waals surface area contributed by atoms with Crippen molar-refractivity contribution in [2.75, 3.05) is 13.1 Å². The number of halogens is 1. The summed E-state index contributed by atoms with van der Waals surface area (Å²) in [5.41, 5.74) is 2.86. The molecule has 5 nitrogen and oxygen atoms in total. The van der Waals surface area contributed by atoms with Gasteiger partial charge in [0.05, 0.1) is 11.3 Å². The molecule has 4 rings (SSSR count). The molecule has 27 heavy (non-hydrogen) atoms. The molecule has 1 atom stereocenters. The number of hydrogen-bond donors (Lipinski definition) is 0. The normalized spacial score (nSPS) is 16.5. The van der Waals surface area contributed by atoms with Gasteiger partial charge in [0.2, 0.25) is 0 Å². The van der Waals surface area contributed by atoms with Gasteiger partial charge in [0.1, 0.15) is 17.8 Å². The standard InChI is InChI=1S/C21H19FN4O/c22-17-5-3-15(4-6-17)12-16-8-11-26(13-16)21(27)18-2-1-9-24-20(18)19-7-10-23-14-25-19/h1-7,9-10,14,16H,8,11-13H2. The van der Waals surface area contributed by atoms with Gasteiger partial charge in [-0.3, -0.25) is 9.78 Å². The molecule has 6 heteroatoms. The van der Waals surface area contributed by atoms with Crippen molar-refractivity contribution in [1.82, 2.24) is 19.9 Å². The van der Waals surface area contributed by atoms with Crippen molar-refractivity contribution in [2.45, 2.75) is 12.8 Å². The maximum Gasteiger partial charge on any atom is 0.256 e. The highest BCUT2D eigenvalue weighted by molar-refractivity contribution is 5.99. The predicted octanol–water partition coefficient (Wildman–Crippen LogP) is 3.38. The second-order valence-electron chi connectivity index (χ2n) is 6.73. The average molecular weight is 362 g/mol. The molecule has 0 radical (unpaired) electrons. The van der Waals surface area contributed by atoms with Crippen LogP contribution in [0.4, 0.5) is 4.39 Å². The first kappa shape index (κ1) is 17.3.